The summed E-state index contributed by atoms with van der Waals surface area (Å²) >= 11 is 1.24. The van der Waals surface area contributed by atoms with Gasteiger partial charge in [0.05, 0.1) is 0 Å². The smallest absolute Gasteiger partial charge is 0.298 e. The Kier molecular flexibility index (Phi) is 3.71. The molecule has 0 spiro atoms. The van der Waals surface area contributed by atoms with Crippen molar-refractivity contribution in [2.24, 2.45) is 0 Å². The van der Waals surface area contributed by atoms with E-state index in [0.29, 0.717) is 5.69 Å². The molecule has 0 saturated heterocycles. The van der Waals surface area contributed by atoms with Crippen molar-refractivity contribution in [2.75, 3.05) is 0 Å². The highest BCUT2D eigenvalue weighted by Crippen LogP contribution is 2.36. The van der Waals surface area contributed by atoms with Gasteiger partial charge in [-0.05, 0) is 13.0 Å². The van der Waals surface area contributed by atoms with E-state index < -0.39 is 12.3 Å². The third-order valence-corrected chi connectivity index (χ3v) is 2.13. The van der Waals surface area contributed by atoms with Crippen LogP contribution in [0.2, 0.25) is 0 Å². The molecule has 2 nitrogen and oxygen atoms in total. The summed E-state index contributed by atoms with van der Waals surface area (Å²) in [5, 5.41) is 0. The summed E-state index contributed by atoms with van der Waals surface area (Å²) in [4.78, 5) is 3.78. The molecule has 0 N–H and O–H groups in total. The van der Waals surface area contributed by atoms with Gasteiger partial charge in [-0.25, -0.2) is 0 Å². The molecule has 0 aliphatic rings. The lowest BCUT2D eigenvalue weighted by Gasteiger charge is -2.17. The van der Waals surface area contributed by atoms with Crippen molar-refractivity contribution in [3.63, 3.8) is 0 Å². The molecule has 78 valence electrons. The van der Waals surface area contributed by atoms with Crippen LogP contribution < -0.4 is 0 Å². The van der Waals surface area contributed by atoms with Crippen LogP contribution in [-0.4, -0.2) is 11.2 Å². The number of pyridine rings is 1. The minimum absolute atomic E-state index is 0.0116. The van der Waals surface area contributed by atoms with Crippen molar-refractivity contribution in [3.8, 4) is 0 Å². The van der Waals surface area contributed by atoms with Crippen molar-refractivity contribution in [1.82, 2.24) is 4.98 Å². The van der Waals surface area contributed by atoms with E-state index in [1.807, 2.05) is 0 Å². The van der Waals surface area contributed by atoms with Gasteiger partial charge in [0, 0.05) is 17.5 Å². The molecule has 6 heteroatoms. The van der Waals surface area contributed by atoms with Crippen LogP contribution in [0.3, 0.4) is 0 Å². The largest absolute Gasteiger partial charge is 0.419 e. The van der Waals surface area contributed by atoms with Gasteiger partial charge in [0.25, 0.3) is 0 Å². The van der Waals surface area contributed by atoms with Crippen LogP contribution in [0.15, 0.2) is 18.3 Å². The van der Waals surface area contributed by atoms with Crippen LogP contribution in [0.25, 0.3) is 0 Å². The number of nitrogens with zero attached hydrogens (tertiary/aromatic N) is 1. The lowest BCUT2D eigenvalue weighted by molar-refractivity contribution is -0.189. The van der Waals surface area contributed by atoms with Crippen LogP contribution in [0.5, 0.6) is 0 Å². The predicted octanol–water partition coefficient (Wildman–Crippen LogP) is 3.36. The molecule has 1 atom stereocenters. The monoisotopic (exact) mass is 317 g/mol. The molecule has 0 radical (unpaired) electrons. The lowest BCUT2D eigenvalue weighted by atomic mass is 10.1. The van der Waals surface area contributed by atoms with Crippen LogP contribution in [0, 0.1) is 6.92 Å². The molecule has 1 heterocycles. The summed E-state index contributed by atoms with van der Waals surface area (Å²) < 4.78 is 41.4. The Morgan fingerprint density at radius 3 is 2.43 bits per heavy atom. The first kappa shape index (κ1) is 11.7. The number of halogens is 4. The second kappa shape index (κ2) is 4.43. The SMILES string of the molecule is Cc1ccc([C@H](OI)C(F)(F)F)cn1. The Balaban J connectivity index is 2.96. The number of hydrogen-bond acceptors (Lipinski definition) is 2. The van der Waals surface area contributed by atoms with E-state index in [1.165, 1.54) is 41.3 Å². The quantitative estimate of drug-likeness (QED) is 0.781. The van der Waals surface area contributed by atoms with E-state index in [1.54, 1.807) is 6.92 Å². The lowest BCUT2D eigenvalue weighted by Crippen LogP contribution is -2.21. The van der Waals surface area contributed by atoms with Crippen LogP contribution in [0.4, 0.5) is 13.2 Å². The summed E-state index contributed by atoms with van der Waals surface area (Å²) in [7, 11) is 0. The molecular weight excluding hydrogens is 310 g/mol. The fraction of sp³-hybridized carbons (Fsp3) is 0.375. The van der Waals surface area contributed by atoms with Gasteiger partial charge in [-0.15, -0.1) is 0 Å². The van der Waals surface area contributed by atoms with Crippen molar-refractivity contribution >= 4 is 23.0 Å². The Bertz CT molecular complexity index is 298. The average molecular weight is 317 g/mol. The normalized spacial score (nSPS) is 14.1. The number of hydrogen-bond donors (Lipinski definition) is 0. The predicted molar refractivity (Wildman–Crippen MR) is 52.9 cm³/mol. The average Bonchev–Trinajstić information content (AvgIpc) is 2.07. The second-order valence-corrected chi connectivity index (χ2v) is 3.25. The van der Waals surface area contributed by atoms with Crippen LogP contribution >= 0.6 is 23.0 Å². The van der Waals surface area contributed by atoms with Crippen molar-refractivity contribution in [2.45, 2.75) is 19.2 Å². The molecule has 0 aliphatic heterocycles. The van der Waals surface area contributed by atoms with Gasteiger partial charge in [-0.3, -0.25) is 8.05 Å². The zero-order chi connectivity index (χ0) is 10.8. The Morgan fingerprint density at radius 1 is 1.43 bits per heavy atom. The molecule has 0 amide bonds. The molecule has 0 aliphatic carbocycles. The summed E-state index contributed by atoms with van der Waals surface area (Å²) in [5.41, 5.74) is 0.681. The zero-order valence-corrected chi connectivity index (χ0v) is 9.33. The van der Waals surface area contributed by atoms with Crippen LogP contribution in [0.1, 0.15) is 17.4 Å². The molecule has 0 saturated carbocycles. The van der Waals surface area contributed by atoms with E-state index in [9.17, 15) is 13.2 Å². The Hall–Kier alpha value is -0.370. The van der Waals surface area contributed by atoms with Crippen LogP contribution in [-0.2, 0) is 3.07 Å². The van der Waals surface area contributed by atoms with Gasteiger partial charge in [0.1, 0.15) is 23.0 Å². The Morgan fingerprint density at radius 2 is 2.07 bits per heavy atom. The highest BCUT2D eigenvalue weighted by Gasteiger charge is 2.42. The third kappa shape index (κ3) is 2.81. The maximum atomic E-state index is 12.3. The number of alkyl halides is 3. The van der Waals surface area contributed by atoms with Crippen molar-refractivity contribution in [3.05, 3.63) is 29.6 Å². The fourth-order valence-electron chi connectivity index (χ4n) is 0.925. The highest BCUT2D eigenvalue weighted by atomic mass is 127. The second-order valence-electron chi connectivity index (χ2n) is 2.74. The van der Waals surface area contributed by atoms with E-state index in [0.717, 1.165) is 0 Å². The summed E-state index contributed by atoms with van der Waals surface area (Å²) in [6, 6.07) is 2.88. The number of aryl methyl sites for hydroxylation is 1. The first-order chi connectivity index (χ1) is 6.45. The molecule has 1 aromatic heterocycles. The number of aromatic nitrogens is 1. The minimum atomic E-state index is -4.40. The van der Waals surface area contributed by atoms with Gasteiger partial charge in [0.2, 0.25) is 0 Å². The van der Waals surface area contributed by atoms with Gasteiger partial charge >= 0.3 is 6.18 Å². The molecule has 0 unspecified atom stereocenters. The van der Waals surface area contributed by atoms with Gasteiger partial charge in [0.15, 0.2) is 6.10 Å². The number of rotatable bonds is 2. The fourth-order valence-corrected chi connectivity index (χ4v) is 1.51. The van der Waals surface area contributed by atoms with Crippen molar-refractivity contribution < 1.29 is 16.2 Å². The third-order valence-electron chi connectivity index (χ3n) is 1.62. The summed E-state index contributed by atoms with van der Waals surface area (Å²) in [5.74, 6) is 0. The minimum Gasteiger partial charge on any atom is -0.298 e. The highest BCUT2D eigenvalue weighted by molar-refractivity contribution is 14.1. The molecule has 1 rings (SSSR count). The Labute approximate surface area is 93.2 Å². The standard InChI is InChI=1S/C8H7F3INO/c1-5-2-3-6(4-13-5)7(14-12)8(9,10)11/h2-4,7H,1H3/t7-/m0/s1. The molecule has 0 fully saturated rings. The van der Waals surface area contributed by atoms with E-state index in [4.69, 9.17) is 0 Å². The van der Waals surface area contributed by atoms with Crippen molar-refractivity contribution in [1.29, 1.82) is 0 Å². The van der Waals surface area contributed by atoms with Gasteiger partial charge in [-0.2, -0.15) is 13.2 Å². The molecule has 14 heavy (non-hydrogen) atoms. The van der Waals surface area contributed by atoms with E-state index in [-0.39, 0.29) is 5.56 Å². The molecule has 1 aromatic rings. The first-order valence-corrected chi connectivity index (χ1v) is 4.60. The maximum absolute atomic E-state index is 12.3. The molecule has 0 aromatic carbocycles. The van der Waals surface area contributed by atoms with E-state index in [2.05, 4.69) is 8.05 Å². The van der Waals surface area contributed by atoms with Gasteiger partial charge < -0.3 is 0 Å². The maximum Gasteiger partial charge on any atom is 0.419 e. The first-order valence-electron chi connectivity index (χ1n) is 3.72. The molecule has 0 bridgehead atoms. The topological polar surface area (TPSA) is 22.1 Å². The molecular formula is C8H7F3INO. The van der Waals surface area contributed by atoms with E-state index >= 15 is 0 Å². The zero-order valence-electron chi connectivity index (χ0n) is 7.18. The summed E-state index contributed by atoms with van der Waals surface area (Å²) in [6.45, 7) is 1.71. The summed E-state index contributed by atoms with van der Waals surface area (Å²) in [6.07, 6.45) is -5.14. The van der Waals surface area contributed by atoms with Gasteiger partial charge in [-0.1, -0.05) is 6.07 Å².